The first-order valence-electron chi connectivity index (χ1n) is 5.21. The zero-order valence-corrected chi connectivity index (χ0v) is 9.17. The molecule has 1 nitrogen and oxygen atoms in total. The Bertz CT molecular complexity index is 532. The van der Waals surface area contributed by atoms with Gasteiger partial charge in [-0.1, -0.05) is 6.92 Å². The molecule has 17 heavy (non-hydrogen) atoms. The molecule has 0 radical (unpaired) electrons. The molecule has 88 valence electrons. The first-order chi connectivity index (χ1) is 8.11. The Morgan fingerprint density at radius 2 is 1.71 bits per heavy atom. The lowest BCUT2D eigenvalue weighted by Gasteiger charge is -2.06. The van der Waals surface area contributed by atoms with Crippen LogP contribution in [0.5, 0.6) is 0 Å². The van der Waals surface area contributed by atoms with Crippen molar-refractivity contribution >= 4 is 0 Å². The van der Waals surface area contributed by atoms with Crippen LogP contribution in [-0.2, 0) is 6.42 Å². The highest BCUT2D eigenvalue weighted by atomic mass is 19.1. The first-order valence-corrected chi connectivity index (χ1v) is 5.21. The third kappa shape index (κ3) is 2.30. The van der Waals surface area contributed by atoms with Gasteiger partial charge in [0, 0.05) is 17.8 Å². The Kier molecular flexibility index (Phi) is 3.13. The summed E-state index contributed by atoms with van der Waals surface area (Å²) in [5.41, 5.74) is 0.625. The predicted molar refractivity (Wildman–Crippen MR) is 58.9 cm³/mol. The van der Waals surface area contributed by atoms with Crippen LogP contribution in [0.25, 0.3) is 11.1 Å². The average Bonchev–Trinajstić information content (AvgIpc) is 2.28. The van der Waals surface area contributed by atoms with Gasteiger partial charge in [0.25, 0.3) is 0 Å². The largest absolute Gasteiger partial charge is 0.258 e. The van der Waals surface area contributed by atoms with Gasteiger partial charge in [-0.05, 0) is 30.2 Å². The summed E-state index contributed by atoms with van der Waals surface area (Å²) >= 11 is 0. The van der Waals surface area contributed by atoms with Gasteiger partial charge >= 0.3 is 0 Å². The first kappa shape index (κ1) is 11.6. The summed E-state index contributed by atoms with van der Waals surface area (Å²) in [6, 6.07) is 4.36. The number of aromatic nitrogens is 1. The van der Waals surface area contributed by atoms with Crippen LogP contribution in [0.1, 0.15) is 12.6 Å². The van der Waals surface area contributed by atoms with Crippen molar-refractivity contribution < 1.29 is 13.2 Å². The van der Waals surface area contributed by atoms with E-state index in [2.05, 4.69) is 4.98 Å². The molecule has 0 atom stereocenters. The number of hydrogen-bond donors (Lipinski definition) is 0. The molecule has 0 aliphatic heterocycles. The lowest BCUT2D eigenvalue weighted by Crippen LogP contribution is -1.96. The van der Waals surface area contributed by atoms with Crippen molar-refractivity contribution in [3.05, 3.63) is 53.6 Å². The fourth-order valence-corrected chi connectivity index (χ4v) is 1.67. The minimum atomic E-state index is -0.728. The van der Waals surface area contributed by atoms with Crippen molar-refractivity contribution in [2.24, 2.45) is 0 Å². The van der Waals surface area contributed by atoms with E-state index in [1.807, 2.05) is 0 Å². The Morgan fingerprint density at radius 3 is 2.29 bits per heavy atom. The second kappa shape index (κ2) is 4.57. The second-order valence-electron chi connectivity index (χ2n) is 3.63. The summed E-state index contributed by atoms with van der Waals surface area (Å²) in [6.07, 6.45) is 1.86. The van der Waals surface area contributed by atoms with Crippen molar-refractivity contribution in [1.29, 1.82) is 0 Å². The highest BCUT2D eigenvalue weighted by Gasteiger charge is 2.11. The molecular formula is C13H10F3N. The molecule has 0 saturated carbocycles. The van der Waals surface area contributed by atoms with E-state index in [1.54, 1.807) is 6.92 Å². The highest BCUT2D eigenvalue weighted by molar-refractivity contribution is 5.64. The van der Waals surface area contributed by atoms with E-state index in [0.717, 1.165) is 18.2 Å². The van der Waals surface area contributed by atoms with Crippen molar-refractivity contribution in [2.45, 2.75) is 13.3 Å². The lowest BCUT2D eigenvalue weighted by molar-refractivity contribution is 0.582. The summed E-state index contributed by atoms with van der Waals surface area (Å²) in [4.78, 5) is 3.87. The maximum atomic E-state index is 13.9. The van der Waals surface area contributed by atoms with Crippen LogP contribution in [0.4, 0.5) is 13.2 Å². The topological polar surface area (TPSA) is 12.9 Å². The van der Waals surface area contributed by atoms with Crippen molar-refractivity contribution in [3.63, 3.8) is 0 Å². The third-order valence-corrected chi connectivity index (χ3v) is 2.47. The molecule has 1 heterocycles. The zero-order chi connectivity index (χ0) is 12.4. The number of halogens is 3. The minimum absolute atomic E-state index is 0.162. The van der Waals surface area contributed by atoms with E-state index in [1.165, 1.54) is 12.3 Å². The van der Waals surface area contributed by atoms with Gasteiger partial charge in [-0.15, -0.1) is 0 Å². The van der Waals surface area contributed by atoms with Crippen LogP contribution >= 0.6 is 0 Å². The van der Waals surface area contributed by atoms with E-state index in [9.17, 15) is 13.2 Å². The molecular weight excluding hydrogens is 227 g/mol. The lowest BCUT2D eigenvalue weighted by atomic mass is 10.0. The quantitative estimate of drug-likeness (QED) is 0.775. The minimum Gasteiger partial charge on any atom is -0.258 e. The molecule has 1 aromatic heterocycles. The van der Waals surface area contributed by atoms with Gasteiger partial charge in [-0.25, -0.2) is 13.2 Å². The standard InChI is InChI=1S/C13H10F3N/c1-2-12-13(16)11(3-4-17-12)8-5-9(14)7-10(15)6-8/h3-7H,2H2,1H3. The zero-order valence-electron chi connectivity index (χ0n) is 9.17. The molecule has 2 aromatic rings. The van der Waals surface area contributed by atoms with Crippen molar-refractivity contribution in [2.75, 3.05) is 0 Å². The van der Waals surface area contributed by atoms with Crippen LogP contribution in [-0.4, -0.2) is 4.98 Å². The number of hydrogen-bond acceptors (Lipinski definition) is 1. The molecule has 4 heteroatoms. The predicted octanol–water partition coefficient (Wildman–Crippen LogP) is 3.73. The third-order valence-electron chi connectivity index (χ3n) is 2.47. The summed E-state index contributed by atoms with van der Waals surface area (Å²) < 4.78 is 40.0. The Balaban J connectivity index is 2.60. The van der Waals surface area contributed by atoms with Gasteiger partial charge in [0.1, 0.15) is 11.6 Å². The van der Waals surface area contributed by atoms with Gasteiger partial charge in [0.15, 0.2) is 5.82 Å². The fourth-order valence-electron chi connectivity index (χ4n) is 1.67. The molecule has 2 rings (SSSR count). The smallest absolute Gasteiger partial charge is 0.152 e. The Morgan fingerprint density at radius 1 is 1.06 bits per heavy atom. The van der Waals surface area contributed by atoms with E-state index in [4.69, 9.17) is 0 Å². The molecule has 0 amide bonds. The van der Waals surface area contributed by atoms with Crippen LogP contribution in [0.2, 0.25) is 0 Å². The number of benzene rings is 1. The maximum Gasteiger partial charge on any atom is 0.152 e. The average molecular weight is 237 g/mol. The number of rotatable bonds is 2. The molecule has 1 aromatic carbocycles. The number of pyridine rings is 1. The van der Waals surface area contributed by atoms with Crippen molar-refractivity contribution in [3.8, 4) is 11.1 Å². The van der Waals surface area contributed by atoms with Gasteiger partial charge in [0.05, 0.1) is 5.69 Å². The van der Waals surface area contributed by atoms with E-state index >= 15 is 0 Å². The molecule has 0 saturated heterocycles. The molecule has 0 unspecified atom stereocenters. The van der Waals surface area contributed by atoms with E-state index < -0.39 is 17.5 Å². The summed E-state index contributed by atoms with van der Waals surface area (Å²) in [5, 5.41) is 0. The molecule has 0 bridgehead atoms. The normalized spacial score (nSPS) is 10.6. The Hall–Kier alpha value is -1.84. The van der Waals surface area contributed by atoms with Crippen molar-refractivity contribution in [1.82, 2.24) is 4.98 Å². The molecule has 0 aliphatic carbocycles. The van der Waals surface area contributed by atoms with Crippen LogP contribution < -0.4 is 0 Å². The van der Waals surface area contributed by atoms with Gasteiger partial charge < -0.3 is 0 Å². The molecule has 0 N–H and O–H groups in total. The number of aryl methyl sites for hydroxylation is 1. The monoisotopic (exact) mass is 237 g/mol. The molecule has 0 fully saturated rings. The highest BCUT2D eigenvalue weighted by Crippen LogP contribution is 2.25. The van der Waals surface area contributed by atoms with E-state index in [-0.39, 0.29) is 16.8 Å². The molecule has 0 spiro atoms. The van der Waals surface area contributed by atoms with E-state index in [0.29, 0.717) is 6.42 Å². The SMILES string of the molecule is CCc1nccc(-c2cc(F)cc(F)c2)c1F. The molecule has 0 aliphatic rings. The summed E-state index contributed by atoms with van der Waals surface area (Å²) in [5.74, 6) is -1.98. The number of nitrogens with zero attached hydrogens (tertiary/aromatic N) is 1. The fraction of sp³-hybridized carbons (Fsp3) is 0.154. The van der Waals surface area contributed by atoms with Crippen LogP contribution in [0, 0.1) is 17.5 Å². The van der Waals surface area contributed by atoms with Gasteiger partial charge in [0.2, 0.25) is 0 Å². The van der Waals surface area contributed by atoms with Gasteiger partial charge in [-0.2, -0.15) is 0 Å². The summed E-state index contributed by atoms with van der Waals surface area (Å²) in [7, 11) is 0. The summed E-state index contributed by atoms with van der Waals surface area (Å²) in [6.45, 7) is 1.77. The van der Waals surface area contributed by atoms with Crippen LogP contribution in [0.15, 0.2) is 30.5 Å². The Labute approximate surface area is 96.9 Å². The van der Waals surface area contributed by atoms with Crippen LogP contribution in [0.3, 0.4) is 0 Å². The second-order valence-corrected chi connectivity index (χ2v) is 3.63. The van der Waals surface area contributed by atoms with Gasteiger partial charge in [-0.3, -0.25) is 4.98 Å². The maximum absolute atomic E-state index is 13.9.